The Morgan fingerprint density at radius 1 is 0.455 bits per heavy atom. The number of thiophene rings is 1. The lowest BCUT2D eigenvalue weighted by molar-refractivity contribution is 1.16. The number of hydrogen-bond donors (Lipinski definition) is 0. The van der Waals surface area contributed by atoms with Crippen LogP contribution in [0.1, 0.15) is 0 Å². The van der Waals surface area contributed by atoms with Crippen molar-refractivity contribution in [2.45, 2.75) is 0 Å². The number of hydrogen-bond acceptors (Lipinski definition) is 3. The zero-order chi connectivity index (χ0) is 29.0. The molecule has 0 fully saturated rings. The maximum Gasteiger partial charge on any atom is 0.160 e. The molecule has 0 aliphatic rings. The predicted molar refractivity (Wildman–Crippen MR) is 186 cm³/mol. The zero-order valence-corrected chi connectivity index (χ0v) is 24.5. The van der Waals surface area contributed by atoms with Gasteiger partial charge in [0.05, 0.1) is 22.4 Å². The molecule has 6 aromatic carbocycles. The highest BCUT2D eigenvalue weighted by Crippen LogP contribution is 2.43. The van der Waals surface area contributed by atoms with Crippen LogP contribution in [0.15, 0.2) is 152 Å². The molecule has 0 unspecified atom stereocenters. The van der Waals surface area contributed by atoms with E-state index >= 15 is 0 Å². The van der Waals surface area contributed by atoms with Gasteiger partial charge in [0, 0.05) is 53.3 Å². The van der Waals surface area contributed by atoms with Gasteiger partial charge in [-0.25, -0.2) is 9.97 Å². The van der Waals surface area contributed by atoms with Crippen molar-refractivity contribution in [2.75, 3.05) is 0 Å². The SMILES string of the molecule is c1ccc(-c2cc(-c3cccc(-n4c5ccccc5c5c6sc7ccccc7c6ccc54)c3)nc(-c3ccccc3)n2)cc1. The van der Waals surface area contributed by atoms with Crippen molar-refractivity contribution >= 4 is 53.3 Å². The summed E-state index contributed by atoms with van der Waals surface area (Å²) >= 11 is 1.88. The minimum atomic E-state index is 0.719. The molecule has 0 saturated heterocycles. The van der Waals surface area contributed by atoms with E-state index in [0.29, 0.717) is 0 Å². The maximum atomic E-state index is 5.09. The highest BCUT2D eigenvalue weighted by Gasteiger charge is 2.18. The summed E-state index contributed by atoms with van der Waals surface area (Å²) in [5, 5.41) is 5.22. The van der Waals surface area contributed by atoms with Crippen molar-refractivity contribution < 1.29 is 0 Å². The fourth-order valence-electron chi connectivity index (χ4n) is 6.39. The van der Waals surface area contributed by atoms with E-state index < -0.39 is 0 Å². The normalized spacial score (nSPS) is 11.6. The summed E-state index contributed by atoms with van der Waals surface area (Å²) in [4.78, 5) is 10.1. The summed E-state index contributed by atoms with van der Waals surface area (Å²) in [5.74, 6) is 0.719. The molecule has 3 nitrogen and oxygen atoms in total. The fraction of sp³-hybridized carbons (Fsp3) is 0. The largest absolute Gasteiger partial charge is 0.309 e. The van der Waals surface area contributed by atoms with Crippen LogP contribution in [0.2, 0.25) is 0 Å². The second-order valence-corrected chi connectivity index (χ2v) is 12.1. The number of nitrogens with zero attached hydrogens (tertiary/aromatic N) is 3. The van der Waals surface area contributed by atoms with Gasteiger partial charge < -0.3 is 4.57 Å². The van der Waals surface area contributed by atoms with Crippen molar-refractivity contribution in [2.24, 2.45) is 0 Å². The molecule has 0 N–H and O–H groups in total. The second-order valence-electron chi connectivity index (χ2n) is 11.0. The van der Waals surface area contributed by atoms with E-state index in [1.165, 1.54) is 42.0 Å². The highest BCUT2D eigenvalue weighted by molar-refractivity contribution is 7.26. The van der Waals surface area contributed by atoms with Crippen molar-refractivity contribution in [3.8, 4) is 39.6 Å². The van der Waals surface area contributed by atoms with Gasteiger partial charge in [-0.05, 0) is 36.4 Å². The van der Waals surface area contributed by atoms with Crippen molar-refractivity contribution in [1.82, 2.24) is 14.5 Å². The van der Waals surface area contributed by atoms with E-state index in [2.05, 4.69) is 132 Å². The van der Waals surface area contributed by atoms with Gasteiger partial charge in [-0.1, -0.05) is 115 Å². The first-order valence-corrected chi connectivity index (χ1v) is 15.6. The van der Waals surface area contributed by atoms with E-state index in [1.54, 1.807) is 0 Å². The topological polar surface area (TPSA) is 30.7 Å². The van der Waals surface area contributed by atoms with Crippen LogP contribution < -0.4 is 0 Å². The first-order valence-electron chi connectivity index (χ1n) is 14.8. The third kappa shape index (κ3) is 3.96. The summed E-state index contributed by atoms with van der Waals surface area (Å²) < 4.78 is 5.06. The Kier molecular flexibility index (Phi) is 5.68. The lowest BCUT2D eigenvalue weighted by atomic mass is 10.1. The molecule has 0 atom stereocenters. The van der Waals surface area contributed by atoms with Crippen LogP contribution in [0.25, 0.3) is 81.6 Å². The Hall–Kier alpha value is -5.58. The summed E-state index contributed by atoms with van der Waals surface area (Å²) in [6.45, 7) is 0. The first kappa shape index (κ1) is 25.0. The zero-order valence-electron chi connectivity index (χ0n) is 23.7. The molecule has 0 aliphatic carbocycles. The Balaban J connectivity index is 1.27. The van der Waals surface area contributed by atoms with Crippen LogP contribution in [0, 0.1) is 0 Å². The molecule has 0 bridgehead atoms. The minimum absolute atomic E-state index is 0.719. The Labute approximate surface area is 258 Å². The van der Waals surface area contributed by atoms with Crippen LogP contribution in [0.3, 0.4) is 0 Å². The molecule has 0 spiro atoms. The van der Waals surface area contributed by atoms with Gasteiger partial charge in [0.15, 0.2) is 5.82 Å². The molecule has 44 heavy (non-hydrogen) atoms. The second kappa shape index (κ2) is 10.0. The molecule has 206 valence electrons. The van der Waals surface area contributed by atoms with E-state index in [9.17, 15) is 0 Å². The van der Waals surface area contributed by atoms with Crippen molar-refractivity contribution in [1.29, 1.82) is 0 Å². The molecule has 0 amide bonds. The lowest BCUT2D eigenvalue weighted by Crippen LogP contribution is -1.97. The van der Waals surface area contributed by atoms with E-state index in [0.717, 1.165) is 39.6 Å². The minimum Gasteiger partial charge on any atom is -0.309 e. The van der Waals surface area contributed by atoms with Crippen LogP contribution in [-0.2, 0) is 0 Å². The Morgan fingerprint density at radius 3 is 1.93 bits per heavy atom. The number of rotatable bonds is 4. The highest BCUT2D eigenvalue weighted by atomic mass is 32.1. The van der Waals surface area contributed by atoms with Gasteiger partial charge in [-0.3, -0.25) is 0 Å². The Morgan fingerprint density at radius 2 is 1.11 bits per heavy atom. The van der Waals surface area contributed by atoms with Crippen LogP contribution in [0.5, 0.6) is 0 Å². The smallest absolute Gasteiger partial charge is 0.160 e. The first-order chi connectivity index (χ1) is 21.8. The van der Waals surface area contributed by atoms with Gasteiger partial charge in [-0.2, -0.15) is 0 Å². The number of aromatic nitrogens is 3. The molecule has 0 aliphatic heterocycles. The van der Waals surface area contributed by atoms with Crippen LogP contribution in [-0.4, -0.2) is 14.5 Å². The van der Waals surface area contributed by atoms with Gasteiger partial charge in [-0.15, -0.1) is 11.3 Å². The molecule has 9 rings (SSSR count). The maximum absolute atomic E-state index is 5.09. The summed E-state index contributed by atoms with van der Waals surface area (Å²) in [6, 6.07) is 53.5. The van der Waals surface area contributed by atoms with Crippen molar-refractivity contribution in [3.05, 3.63) is 152 Å². The fourth-order valence-corrected chi connectivity index (χ4v) is 7.64. The average molecular weight is 580 g/mol. The average Bonchev–Trinajstić information content (AvgIpc) is 3.65. The van der Waals surface area contributed by atoms with E-state index in [1.807, 2.05) is 35.6 Å². The third-order valence-corrected chi connectivity index (χ3v) is 9.61. The van der Waals surface area contributed by atoms with Gasteiger partial charge in [0.1, 0.15) is 0 Å². The third-order valence-electron chi connectivity index (χ3n) is 8.41. The van der Waals surface area contributed by atoms with Gasteiger partial charge in [0.2, 0.25) is 0 Å². The molecule has 9 aromatic rings. The predicted octanol–water partition coefficient (Wildman–Crippen LogP) is 10.9. The molecular formula is C40H25N3S. The molecule has 4 heteroatoms. The molecule has 0 radical (unpaired) electrons. The quantitative estimate of drug-likeness (QED) is 0.208. The summed E-state index contributed by atoms with van der Waals surface area (Å²) in [6.07, 6.45) is 0. The van der Waals surface area contributed by atoms with Crippen LogP contribution >= 0.6 is 11.3 Å². The molecule has 3 heterocycles. The summed E-state index contributed by atoms with van der Waals surface area (Å²) in [5.41, 5.74) is 8.43. The van der Waals surface area contributed by atoms with Gasteiger partial charge >= 0.3 is 0 Å². The van der Waals surface area contributed by atoms with Crippen LogP contribution in [0.4, 0.5) is 0 Å². The van der Waals surface area contributed by atoms with E-state index in [4.69, 9.17) is 9.97 Å². The number of fused-ring (bicyclic) bond motifs is 7. The standard InChI is InChI=1S/C40H25N3S/c1-3-12-26(13-4-1)33-25-34(42-40(41-33)27-14-5-2-6-15-27)28-16-11-17-29(24-28)43-35-20-9-7-19-32(35)38-36(43)23-22-31-30-18-8-10-21-37(30)44-39(31)38/h1-25H. The number of para-hydroxylation sites is 1. The summed E-state index contributed by atoms with van der Waals surface area (Å²) in [7, 11) is 0. The van der Waals surface area contributed by atoms with Crippen molar-refractivity contribution in [3.63, 3.8) is 0 Å². The van der Waals surface area contributed by atoms with Gasteiger partial charge in [0.25, 0.3) is 0 Å². The monoisotopic (exact) mass is 579 g/mol. The van der Waals surface area contributed by atoms with E-state index in [-0.39, 0.29) is 0 Å². The lowest BCUT2D eigenvalue weighted by Gasteiger charge is -2.12. The molecular weight excluding hydrogens is 555 g/mol. The molecule has 0 saturated carbocycles. The molecule has 3 aromatic heterocycles. The Bertz CT molecular complexity index is 2430. The number of benzene rings is 6.